The van der Waals surface area contributed by atoms with Crippen LogP contribution in [0.15, 0.2) is 0 Å². The van der Waals surface area contributed by atoms with Gasteiger partial charge in [0.15, 0.2) is 0 Å². The largest absolute Gasteiger partial charge is 0.305 e. The zero-order chi connectivity index (χ0) is 6.69. The van der Waals surface area contributed by atoms with E-state index in [1.54, 1.807) is 0 Å². The van der Waals surface area contributed by atoms with Gasteiger partial charge >= 0.3 is 0 Å². The summed E-state index contributed by atoms with van der Waals surface area (Å²) in [5.41, 5.74) is 0. The normalized spacial score (nSPS) is 25.4. The maximum absolute atomic E-state index is 3.12. The molecule has 0 aromatic rings. The van der Waals surface area contributed by atoms with Crippen molar-refractivity contribution in [2.45, 2.75) is 25.3 Å². The topological polar surface area (TPSA) is 3.24 Å². The third-order valence-electron chi connectivity index (χ3n) is 1.80. The lowest BCUT2D eigenvalue weighted by Crippen LogP contribution is -2.28. The van der Waals surface area contributed by atoms with E-state index < -0.39 is 0 Å². The Morgan fingerprint density at radius 1 is 1.33 bits per heavy atom. The van der Waals surface area contributed by atoms with E-state index in [9.17, 15) is 0 Å². The van der Waals surface area contributed by atoms with Crippen LogP contribution in [-0.2, 0) is 0 Å². The van der Waals surface area contributed by atoms with Crippen molar-refractivity contribution in [2.75, 3.05) is 14.1 Å². The Balaban J connectivity index is 2.39. The molecule has 0 fully saturated rings. The molecule has 1 rings (SSSR count). The van der Waals surface area contributed by atoms with E-state index in [1.165, 1.54) is 6.42 Å². The first-order valence-corrected chi connectivity index (χ1v) is 3.43. The standard InChI is InChI=1S/C8H13N/c1-9(2)8-6-4-3-5-7-8/h8H,4,6-7H2,1-2H3. The summed E-state index contributed by atoms with van der Waals surface area (Å²) < 4.78 is 0. The third-order valence-corrected chi connectivity index (χ3v) is 1.80. The van der Waals surface area contributed by atoms with Crippen molar-refractivity contribution in [1.82, 2.24) is 4.90 Å². The molecular formula is C8H13N. The summed E-state index contributed by atoms with van der Waals surface area (Å²) in [6, 6.07) is 0.714. The first-order chi connectivity index (χ1) is 4.30. The van der Waals surface area contributed by atoms with Gasteiger partial charge in [0, 0.05) is 18.9 Å². The zero-order valence-corrected chi connectivity index (χ0v) is 6.15. The van der Waals surface area contributed by atoms with Gasteiger partial charge in [-0.05, 0) is 20.5 Å². The van der Waals surface area contributed by atoms with Gasteiger partial charge in [-0.1, -0.05) is 0 Å². The molecule has 1 aliphatic rings. The molecule has 0 spiro atoms. The van der Waals surface area contributed by atoms with Gasteiger partial charge in [0.25, 0.3) is 0 Å². The minimum Gasteiger partial charge on any atom is -0.305 e. The van der Waals surface area contributed by atoms with Crippen LogP contribution in [0.4, 0.5) is 0 Å². The predicted molar refractivity (Wildman–Crippen MR) is 39.1 cm³/mol. The van der Waals surface area contributed by atoms with Gasteiger partial charge < -0.3 is 4.90 Å². The van der Waals surface area contributed by atoms with Gasteiger partial charge in [-0.3, -0.25) is 0 Å². The molecule has 0 aromatic heterocycles. The molecule has 0 N–H and O–H groups in total. The second kappa shape index (κ2) is 2.89. The monoisotopic (exact) mass is 123 g/mol. The first-order valence-electron chi connectivity index (χ1n) is 3.43. The Morgan fingerprint density at radius 2 is 2.11 bits per heavy atom. The Morgan fingerprint density at radius 3 is 2.44 bits per heavy atom. The average molecular weight is 123 g/mol. The second-order valence-electron chi connectivity index (χ2n) is 2.71. The van der Waals surface area contributed by atoms with Gasteiger partial charge in [-0.25, -0.2) is 0 Å². The highest BCUT2D eigenvalue weighted by Crippen LogP contribution is 2.09. The maximum atomic E-state index is 3.12. The summed E-state index contributed by atoms with van der Waals surface area (Å²) in [5, 5.41) is 0. The van der Waals surface area contributed by atoms with Crippen LogP contribution in [0.3, 0.4) is 0 Å². The van der Waals surface area contributed by atoms with Crippen molar-refractivity contribution >= 4 is 0 Å². The molecule has 0 radical (unpaired) electrons. The van der Waals surface area contributed by atoms with Crippen molar-refractivity contribution in [3.05, 3.63) is 0 Å². The van der Waals surface area contributed by atoms with Crippen molar-refractivity contribution in [1.29, 1.82) is 0 Å². The van der Waals surface area contributed by atoms with E-state index >= 15 is 0 Å². The zero-order valence-electron chi connectivity index (χ0n) is 6.15. The fourth-order valence-corrected chi connectivity index (χ4v) is 1.06. The highest BCUT2D eigenvalue weighted by atomic mass is 15.1. The van der Waals surface area contributed by atoms with Crippen LogP contribution in [0.5, 0.6) is 0 Å². The molecule has 1 heteroatoms. The number of rotatable bonds is 1. The van der Waals surface area contributed by atoms with E-state index in [4.69, 9.17) is 0 Å². The van der Waals surface area contributed by atoms with Gasteiger partial charge in [0.05, 0.1) is 0 Å². The van der Waals surface area contributed by atoms with Gasteiger partial charge in [0.2, 0.25) is 0 Å². The van der Waals surface area contributed by atoms with Crippen LogP contribution in [-0.4, -0.2) is 25.0 Å². The molecule has 0 heterocycles. The fraction of sp³-hybridized carbons (Fsp3) is 0.750. The van der Waals surface area contributed by atoms with Crippen molar-refractivity contribution < 1.29 is 0 Å². The lowest BCUT2D eigenvalue weighted by atomic mass is 10.0. The van der Waals surface area contributed by atoms with Crippen LogP contribution in [0.2, 0.25) is 0 Å². The molecule has 1 nitrogen and oxygen atoms in total. The average Bonchev–Trinajstić information content (AvgIpc) is 1.90. The van der Waals surface area contributed by atoms with Crippen LogP contribution in [0, 0.1) is 11.8 Å². The third kappa shape index (κ3) is 1.73. The molecule has 1 atom stereocenters. The molecule has 0 bridgehead atoms. The van der Waals surface area contributed by atoms with Gasteiger partial charge in [0.1, 0.15) is 0 Å². The lowest BCUT2D eigenvalue weighted by molar-refractivity contribution is 0.281. The summed E-state index contributed by atoms with van der Waals surface area (Å²) in [4.78, 5) is 2.26. The minimum absolute atomic E-state index is 0.714. The van der Waals surface area contributed by atoms with Crippen molar-refractivity contribution in [3.8, 4) is 11.8 Å². The molecule has 0 aliphatic heterocycles. The molecule has 50 valence electrons. The summed E-state index contributed by atoms with van der Waals surface area (Å²) in [6.45, 7) is 0. The molecule has 1 aliphatic carbocycles. The van der Waals surface area contributed by atoms with E-state index in [-0.39, 0.29) is 0 Å². The molecule has 0 amide bonds. The first kappa shape index (κ1) is 6.64. The second-order valence-corrected chi connectivity index (χ2v) is 2.71. The lowest BCUT2D eigenvalue weighted by Gasteiger charge is -2.22. The van der Waals surface area contributed by atoms with Gasteiger partial charge in [-0.15, -0.1) is 11.8 Å². The van der Waals surface area contributed by atoms with E-state index in [1.807, 2.05) is 0 Å². The van der Waals surface area contributed by atoms with Crippen LogP contribution < -0.4 is 0 Å². The summed E-state index contributed by atoms with van der Waals surface area (Å²) >= 11 is 0. The predicted octanol–water partition coefficient (Wildman–Crippen LogP) is 1.10. The Hall–Kier alpha value is -0.480. The Bertz CT molecular complexity index is 138. The van der Waals surface area contributed by atoms with E-state index in [0.29, 0.717) is 6.04 Å². The van der Waals surface area contributed by atoms with Crippen molar-refractivity contribution in [2.24, 2.45) is 0 Å². The van der Waals surface area contributed by atoms with Crippen molar-refractivity contribution in [3.63, 3.8) is 0 Å². The molecule has 0 saturated heterocycles. The Labute approximate surface area is 57.0 Å². The minimum atomic E-state index is 0.714. The van der Waals surface area contributed by atoms with Crippen LogP contribution in [0.1, 0.15) is 19.3 Å². The molecule has 0 aromatic carbocycles. The molecule has 0 saturated carbocycles. The maximum Gasteiger partial charge on any atom is 0.0245 e. The number of nitrogens with zero attached hydrogens (tertiary/aromatic N) is 1. The quantitative estimate of drug-likeness (QED) is 0.472. The number of hydrogen-bond donors (Lipinski definition) is 0. The van der Waals surface area contributed by atoms with Crippen LogP contribution in [0.25, 0.3) is 0 Å². The van der Waals surface area contributed by atoms with Crippen LogP contribution >= 0.6 is 0 Å². The Kier molecular flexibility index (Phi) is 2.13. The molecule has 9 heavy (non-hydrogen) atoms. The van der Waals surface area contributed by atoms with E-state index in [2.05, 4.69) is 30.8 Å². The summed E-state index contributed by atoms with van der Waals surface area (Å²) in [5.74, 6) is 6.22. The highest BCUT2D eigenvalue weighted by Gasteiger charge is 2.10. The van der Waals surface area contributed by atoms with E-state index in [0.717, 1.165) is 12.8 Å². The summed E-state index contributed by atoms with van der Waals surface area (Å²) in [6.07, 6.45) is 3.40. The molecular weight excluding hydrogens is 110 g/mol. The SMILES string of the molecule is CN(C)C1CC#CCC1. The smallest absolute Gasteiger partial charge is 0.0245 e. The molecule has 1 unspecified atom stereocenters. The van der Waals surface area contributed by atoms with Gasteiger partial charge in [-0.2, -0.15) is 0 Å². The summed E-state index contributed by atoms with van der Waals surface area (Å²) in [7, 11) is 4.25. The number of hydrogen-bond acceptors (Lipinski definition) is 1. The fourth-order valence-electron chi connectivity index (χ4n) is 1.06. The highest BCUT2D eigenvalue weighted by molar-refractivity contribution is 5.06.